The summed E-state index contributed by atoms with van der Waals surface area (Å²) in [5.41, 5.74) is 3.32. The quantitative estimate of drug-likeness (QED) is 0.320. The molecule has 34 heavy (non-hydrogen) atoms. The van der Waals surface area contributed by atoms with Gasteiger partial charge in [0.15, 0.2) is 0 Å². The number of hydrogen-bond donors (Lipinski definition) is 1. The summed E-state index contributed by atoms with van der Waals surface area (Å²) in [4.78, 5) is 13.0. The van der Waals surface area contributed by atoms with E-state index in [0.29, 0.717) is 28.6 Å². The first kappa shape index (κ1) is 23.5. The summed E-state index contributed by atoms with van der Waals surface area (Å²) in [6, 6.07) is 20.9. The SMILES string of the molecule is COCCOc1ccc(F)cc1NC(=O)Cc1cn(-c2ccccc2)nc1-c1ccc(Cl)cc1. The Morgan fingerprint density at radius 3 is 2.56 bits per heavy atom. The highest BCUT2D eigenvalue weighted by atomic mass is 35.5. The van der Waals surface area contributed by atoms with Crippen LogP contribution in [0.1, 0.15) is 5.56 Å². The van der Waals surface area contributed by atoms with Crippen LogP contribution in [0.15, 0.2) is 79.0 Å². The zero-order chi connectivity index (χ0) is 23.9. The number of anilines is 1. The Labute approximate surface area is 201 Å². The van der Waals surface area contributed by atoms with Crippen molar-refractivity contribution < 1.29 is 18.7 Å². The van der Waals surface area contributed by atoms with Crippen LogP contribution in [0.25, 0.3) is 16.9 Å². The Balaban J connectivity index is 1.61. The second-order valence-electron chi connectivity index (χ2n) is 7.50. The van der Waals surface area contributed by atoms with Gasteiger partial charge in [0.2, 0.25) is 5.91 Å². The number of amides is 1. The van der Waals surface area contributed by atoms with Gasteiger partial charge in [-0.3, -0.25) is 4.79 Å². The van der Waals surface area contributed by atoms with Crippen LogP contribution >= 0.6 is 11.6 Å². The molecule has 0 aliphatic heterocycles. The average Bonchev–Trinajstić information content (AvgIpc) is 3.25. The molecule has 0 unspecified atom stereocenters. The summed E-state index contributed by atoms with van der Waals surface area (Å²) in [5, 5.41) is 8.09. The third-order valence-electron chi connectivity index (χ3n) is 5.04. The third-order valence-corrected chi connectivity index (χ3v) is 5.29. The lowest BCUT2D eigenvalue weighted by atomic mass is 10.1. The summed E-state index contributed by atoms with van der Waals surface area (Å²) in [5.74, 6) is -0.442. The molecule has 0 aliphatic rings. The lowest BCUT2D eigenvalue weighted by molar-refractivity contribution is -0.115. The number of ether oxygens (including phenoxy) is 2. The normalized spacial score (nSPS) is 10.8. The molecule has 0 radical (unpaired) electrons. The van der Waals surface area contributed by atoms with Crippen LogP contribution in [0.2, 0.25) is 5.02 Å². The molecule has 8 heteroatoms. The number of carbonyl (C=O) groups is 1. The average molecular weight is 480 g/mol. The monoisotopic (exact) mass is 479 g/mol. The Hall–Kier alpha value is -3.68. The van der Waals surface area contributed by atoms with Gasteiger partial charge in [-0.1, -0.05) is 41.9 Å². The number of nitrogens with zero attached hydrogens (tertiary/aromatic N) is 2. The van der Waals surface area contributed by atoms with Gasteiger partial charge < -0.3 is 14.8 Å². The van der Waals surface area contributed by atoms with E-state index in [1.165, 1.54) is 18.2 Å². The molecule has 6 nitrogen and oxygen atoms in total. The smallest absolute Gasteiger partial charge is 0.229 e. The summed E-state index contributed by atoms with van der Waals surface area (Å²) in [7, 11) is 1.56. The molecular weight excluding hydrogens is 457 g/mol. The fourth-order valence-electron chi connectivity index (χ4n) is 3.43. The Morgan fingerprint density at radius 1 is 1.06 bits per heavy atom. The van der Waals surface area contributed by atoms with E-state index in [9.17, 15) is 9.18 Å². The van der Waals surface area contributed by atoms with E-state index in [0.717, 1.165) is 11.3 Å². The maximum atomic E-state index is 13.9. The maximum absolute atomic E-state index is 13.9. The van der Waals surface area contributed by atoms with Crippen LogP contribution in [-0.4, -0.2) is 36.0 Å². The molecule has 1 amide bonds. The van der Waals surface area contributed by atoms with Gasteiger partial charge in [-0.15, -0.1) is 0 Å². The number of methoxy groups -OCH3 is 1. The van der Waals surface area contributed by atoms with Crippen molar-refractivity contribution >= 4 is 23.2 Å². The van der Waals surface area contributed by atoms with Crippen LogP contribution in [0.3, 0.4) is 0 Å². The van der Waals surface area contributed by atoms with Crippen molar-refractivity contribution in [2.75, 3.05) is 25.6 Å². The summed E-state index contributed by atoms with van der Waals surface area (Å²) < 4.78 is 26.2. The molecule has 1 heterocycles. The standard InChI is InChI=1S/C26H23ClFN3O3/c1-33-13-14-34-24-12-11-21(28)16-23(24)29-25(32)15-19-17-31(22-5-3-2-4-6-22)30-26(19)18-7-9-20(27)10-8-18/h2-12,16-17H,13-15H2,1H3,(H,29,32). The van der Waals surface area contributed by atoms with E-state index in [4.69, 9.17) is 26.2 Å². The van der Waals surface area contributed by atoms with Gasteiger partial charge in [0, 0.05) is 35.5 Å². The first-order chi connectivity index (χ1) is 16.5. The van der Waals surface area contributed by atoms with Crippen molar-refractivity contribution in [2.24, 2.45) is 0 Å². The lowest BCUT2D eigenvalue weighted by Gasteiger charge is -2.12. The molecule has 0 saturated heterocycles. The number of hydrogen-bond acceptors (Lipinski definition) is 4. The van der Waals surface area contributed by atoms with E-state index in [2.05, 4.69) is 5.32 Å². The fourth-order valence-corrected chi connectivity index (χ4v) is 3.56. The predicted octanol–water partition coefficient (Wildman–Crippen LogP) is 5.54. The van der Waals surface area contributed by atoms with E-state index >= 15 is 0 Å². The first-order valence-corrected chi connectivity index (χ1v) is 11.0. The van der Waals surface area contributed by atoms with Crippen molar-refractivity contribution in [3.8, 4) is 22.7 Å². The van der Waals surface area contributed by atoms with Gasteiger partial charge in [0.25, 0.3) is 0 Å². The minimum atomic E-state index is -0.479. The van der Waals surface area contributed by atoms with Crippen molar-refractivity contribution in [3.63, 3.8) is 0 Å². The van der Waals surface area contributed by atoms with Gasteiger partial charge in [-0.2, -0.15) is 5.10 Å². The number of benzene rings is 3. The van der Waals surface area contributed by atoms with Crippen LogP contribution in [0.4, 0.5) is 10.1 Å². The molecule has 174 valence electrons. The van der Waals surface area contributed by atoms with E-state index in [1.807, 2.05) is 48.7 Å². The molecule has 4 aromatic rings. The molecule has 1 N–H and O–H groups in total. The minimum Gasteiger partial charge on any atom is -0.489 e. The van der Waals surface area contributed by atoms with Crippen molar-refractivity contribution in [2.45, 2.75) is 6.42 Å². The summed E-state index contributed by atoms with van der Waals surface area (Å²) >= 11 is 6.05. The van der Waals surface area contributed by atoms with Crippen molar-refractivity contribution in [1.82, 2.24) is 9.78 Å². The Bertz CT molecular complexity index is 1260. The number of para-hydroxylation sites is 1. The molecule has 1 aromatic heterocycles. The van der Waals surface area contributed by atoms with Crippen LogP contribution in [0, 0.1) is 5.82 Å². The molecule has 0 atom stereocenters. The van der Waals surface area contributed by atoms with Gasteiger partial charge in [-0.25, -0.2) is 9.07 Å². The largest absolute Gasteiger partial charge is 0.489 e. The van der Waals surface area contributed by atoms with Gasteiger partial charge >= 0.3 is 0 Å². The number of rotatable bonds is 9. The minimum absolute atomic E-state index is 0.0266. The number of aromatic nitrogens is 2. The van der Waals surface area contributed by atoms with Gasteiger partial charge in [-0.05, 0) is 36.4 Å². The summed E-state index contributed by atoms with van der Waals surface area (Å²) in [6.07, 6.45) is 1.85. The molecule has 4 rings (SSSR count). The predicted molar refractivity (Wildman–Crippen MR) is 130 cm³/mol. The fraction of sp³-hybridized carbons (Fsp3) is 0.154. The molecule has 0 spiro atoms. The lowest BCUT2D eigenvalue weighted by Crippen LogP contribution is -2.16. The molecular formula is C26H23ClFN3O3. The van der Waals surface area contributed by atoms with Gasteiger partial charge in [0.05, 0.1) is 30.1 Å². The van der Waals surface area contributed by atoms with E-state index < -0.39 is 5.82 Å². The number of carbonyl (C=O) groups excluding carboxylic acids is 1. The van der Waals surface area contributed by atoms with Gasteiger partial charge in [0.1, 0.15) is 18.2 Å². The number of halogens is 2. The Kier molecular flexibility index (Phi) is 7.57. The van der Waals surface area contributed by atoms with E-state index in [-0.39, 0.29) is 24.6 Å². The highest BCUT2D eigenvalue weighted by Gasteiger charge is 2.17. The van der Waals surface area contributed by atoms with Crippen molar-refractivity contribution in [1.29, 1.82) is 0 Å². The third kappa shape index (κ3) is 5.81. The van der Waals surface area contributed by atoms with Crippen molar-refractivity contribution in [3.05, 3.63) is 95.4 Å². The topological polar surface area (TPSA) is 65.4 Å². The van der Waals surface area contributed by atoms with Crippen LogP contribution in [0.5, 0.6) is 5.75 Å². The summed E-state index contributed by atoms with van der Waals surface area (Å²) in [6.45, 7) is 0.642. The highest BCUT2D eigenvalue weighted by Crippen LogP contribution is 2.28. The highest BCUT2D eigenvalue weighted by molar-refractivity contribution is 6.30. The Morgan fingerprint density at radius 2 is 1.82 bits per heavy atom. The molecule has 3 aromatic carbocycles. The second-order valence-corrected chi connectivity index (χ2v) is 7.93. The maximum Gasteiger partial charge on any atom is 0.229 e. The second kappa shape index (κ2) is 11.0. The van der Waals surface area contributed by atoms with Crippen LogP contribution in [-0.2, 0) is 16.0 Å². The van der Waals surface area contributed by atoms with E-state index in [1.54, 1.807) is 23.9 Å². The molecule has 0 saturated carbocycles. The van der Waals surface area contributed by atoms with Crippen LogP contribution < -0.4 is 10.1 Å². The zero-order valence-electron chi connectivity index (χ0n) is 18.5. The zero-order valence-corrected chi connectivity index (χ0v) is 19.3. The molecule has 0 bridgehead atoms. The molecule has 0 fully saturated rings. The molecule has 0 aliphatic carbocycles. The first-order valence-electron chi connectivity index (χ1n) is 10.6. The number of nitrogens with one attached hydrogen (secondary N) is 1.